The third kappa shape index (κ3) is 3.92. The molecule has 0 atom stereocenters. The molecule has 0 saturated heterocycles. The number of carboxylic acids is 1. The molecule has 1 aliphatic rings. The van der Waals surface area contributed by atoms with Crippen LogP contribution in [0.2, 0.25) is 0 Å². The van der Waals surface area contributed by atoms with E-state index >= 15 is 0 Å². The van der Waals surface area contributed by atoms with Crippen LogP contribution in [0.1, 0.15) is 24.8 Å². The molecule has 0 radical (unpaired) electrons. The van der Waals surface area contributed by atoms with E-state index in [1.807, 2.05) is 0 Å². The van der Waals surface area contributed by atoms with Gasteiger partial charge in [0.25, 0.3) is 0 Å². The standard InChI is InChI=1S/C14H18FNO3/c1-19-13-5-2-11(15)8-10(13)9-16(12-3-4-12)7-6-14(17)18/h2,5,8,12H,3-4,6-7,9H2,1H3,(H,17,18). The van der Waals surface area contributed by atoms with Gasteiger partial charge in [-0.05, 0) is 31.0 Å². The second-order valence-corrected chi connectivity index (χ2v) is 4.80. The van der Waals surface area contributed by atoms with Crippen LogP contribution in [0.3, 0.4) is 0 Å². The largest absolute Gasteiger partial charge is 0.496 e. The first-order valence-electron chi connectivity index (χ1n) is 6.38. The van der Waals surface area contributed by atoms with Gasteiger partial charge in [-0.15, -0.1) is 0 Å². The van der Waals surface area contributed by atoms with Crippen molar-refractivity contribution < 1.29 is 19.0 Å². The zero-order valence-electron chi connectivity index (χ0n) is 10.9. The van der Waals surface area contributed by atoms with Crippen molar-refractivity contribution >= 4 is 5.97 Å². The molecule has 4 nitrogen and oxygen atoms in total. The lowest BCUT2D eigenvalue weighted by molar-refractivity contribution is -0.137. The molecular weight excluding hydrogens is 249 g/mol. The number of rotatable bonds is 7. The molecule has 0 heterocycles. The summed E-state index contributed by atoms with van der Waals surface area (Å²) >= 11 is 0. The topological polar surface area (TPSA) is 49.8 Å². The number of hydrogen-bond donors (Lipinski definition) is 1. The monoisotopic (exact) mass is 267 g/mol. The molecular formula is C14H18FNO3. The molecule has 0 aromatic heterocycles. The minimum Gasteiger partial charge on any atom is -0.496 e. The maximum Gasteiger partial charge on any atom is 0.304 e. The van der Waals surface area contributed by atoms with Gasteiger partial charge in [-0.2, -0.15) is 0 Å². The second kappa shape index (κ2) is 6.02. The summed E-state index contributed by atoms with van der Waals surface area (Å²) in [6, 6.07) is 4.84. The predicted octanol–water partition coefficient (Wildman–Crippen LogP) is 2.27. The van der Waals surface area contributed by atoms with Crippen LogP contribution in [0.5, 0.6) is 5.75 Å². The number of methoxy groups -OCH3 is 1. The normalized spacial score (nSPS) is 14.7. The highest BCUT2D eigenvalue weighted by atomic mass is 19.1. The zero-order chi connectivity index (χ0) is 13.8. The number of carbonyl (C=O) groups is 1. The molecule has 5 heteroatoms. The molecule has 0 aliphatic heterocycles. The lowest BCUT2D eigenvalue weighted by atomic mass is 10.1. The van der Waals surface area contributed by atoms with Gasteiger partial charge in [-0.1, -0.05) is 0 Å². The van der Waals surface area contributed by atoms with Gasteiger partial charge >= 0.3 is 5.97 Å². The van der Waals surface area contributed by atoms with E-state index in [-0.39, 0.29) is 12.2 Å². The summed E-state index contributed by atoms with van der Waals surface area (Å²) in [5.74, 6) is -0.469. The summed E-state index contributed by atoms with van der Waals surface area (Å²) in [5.41, 5.74) is 0.764. The third-order valence-corrected chi connectivity index (χ3v) is 3.29. The van der Waals surface area contributed by atoms with Crippen LogP contribution in [-0.4, -0.2) is 35.7 Å². The van der Waals surface area contributed by atoms with Crippen LogP contribution in [0.4, 0.5) is 4.39 Å². The van der Waals surface area contributed by atoms with Gasteiger partial charge in [0.05, 0.1) is 13.5 Å². The predicted molar refractivity (Wildman–Crippen MR) is 68.6 cm³/mol. The van der Waals surface area contributed by atoms with Crippen LogP contribution in [-0.2, 0) is 11.3 Å². The Morgan fingerprint density at radius 3 is 2.84 bits per heavy atom. The number of halogens is 1. The average molecular weight is 267 g/mol. The SMILES string of the molecule is COc1ccc(F)cc1CN(CCC(=O)O)C1CC1. The lowest BCUT2D eigenvalue weighted by Gasteiger charge is -2.22. The molecule has 1 fully saturated rings. The molecule has 1 aliphatic carbocycles. The van der Waals surface area contributed by atoms with E-state index < -0.39 is 5.97 Å². The summed E-state index contributed by atoms with van der Waals surface area (Å²) in [4.78, 5) is 12.8. The molecule has 0 unspecified atom stereocenters. The van der Waals surface area contributed by atoms with E-state index in [0.29, 0.717) is 24.9 Å². The van der Waals surface area contributed by atoms with E-state index in [2.05, 4.69) is 4.90 Å². The Hall–Kier alpha value is -1.62. The van der Waals surface area contributed by atoms with Crippen LogP contribution in [0.25, 0.3) is 0 Å². The van der Waals surface area contributed by atoms with E-state index in [4.69, 9.17) is 9.84 Å². The van der Waals surface area contributed by atoms with E-state index in [0.717, 1.165) is 18.4 Å². The van der Waals surface area contributed by atoms with Gasteiger partial charge < -0.3 is 9.84 Å². The first-order valence-corrected chi connectivity index (χ1v) is 6.38. The molecule has 1 N–H and O–H groups in total. The highest BCUT2D eigenvalue weighted by Gasteiger charge is 2.29. The Kier molecular flexibility index (Phi) is 4.37. The van der Waals surface area contributed by atoms with Crippen LogP contribution >= 0.6 is 0 Å². The van der Waals surface area contributed by atoms with E-state index in [9.17, 15) is 9.18 Å². The van der Waals surface area contributed by atoms with Gasteiger partial charge in [-0.3, -0.25) is 9.69 Å². The van der Waals surface area contributed by atoms with Gasteiger partial charge in [0.2, 0.25) is 0 Å². The smallest absolute Gasteiger partial charge is 0.304 e. The Morgan fingerprint density at radius 1 is 1.53 bits per heavy atom. The molecule has 0 amide bonds. The number of hydrogen-bond acceptors (Lipinski definition) is 3. The van der Waals surface area contributed by atoms with Crippen LogP contribution in [0.15, 0.2) is 18.2 Å². The zero-order valence-corrected chi connectivity index (χ0v) is 10.9. The Bertz CT molecular complexity index is 460. The molecule has 19 heavy (non-hydrogen) atoms. The number of aliphatic carboxylic acids is 1. The third-order valence-electron chi connectivity index (χ3n) is 3.29. The molecule has 1 aromatic rings. The van der Waals surface area contributed by atoms with Crippen molar-refractivity contribution in [3.8, 4) is 5.75 Å². The minimum absolute atomic E-state index is 0.105. The van der Waals surface area contributed by atoms with Gasteiger partial charge in [0.1, 0.15) is 11.6 Å². The fraction of sp³-hybridized carbons (Fsp3) is 0.500. The van der Waals surface area contributed by atoms with Gasteiger partial charge in [0, 0.05) is 24.7 Å². The van der Waals surface area contributed by atoms with Crippen molar-refractivity contribution in [2.45, 2.75) is 31.8 Å². The first-order chi connectivity index (χ1) is 9.10. The van der Waals surface area contributed by atoms with Crippen molar-refractivity contribution in [3.05, 3.63) is 29.6 Å². The summed E-state index contributed by atoms with van der Waals surface area (Å²) < 4.78 is 18.5. The lowest BCUT2D eigenvalue weighted by Crippen LogP contribution is -2.28. The van der Waals surface area contributed by atoms with Crippen molar-refractivity contribution in [1.29, 1.82) is 0 Å². The van der Waals surface area contributed by atoms with Gasteiger partial charge in [0.15, 0.2) is 0 Å². The molecule has 2 rings (SSSR count). The fourth-order valence-electron chi connectivity index (χ4n) is 2.16. The number of benzene rings is 1. The number of ether oxygens (including phenoxy) is 1. The summed E-state index contributed by atoms with van der Waals surface area (Å²) in [5, 5.41) is 8.76. The van der Waals surface area contributed by atoms with E-state index in [1.165, 1.54) is 12.1 Å². The highest BCUT2D eigenvalue weighted by molar-refractivity contribution is 5.66. The van der Waals surface area contributed by atoms with Crippen LogP contribution in [0, 0.1) is 5.82 Å². The molecule has 0 spiro atoms. The van der Waals surface area contributed by atoms with Crippen molar-refractivity contribution in [2.24, 2.45) is 0 Å². The molecule has 1 saturated carbocycles. The minimum atomic E-state index is -0.808. The Morgan fingerprint density at radius 2 is 2.26 bits per heavy atom. The summed E-state index contributed by atoms with van der Waals surface area (Å²) in [6.07, 6.45) is 2.27. The summed E-state index contributed by atoms with van der Waals surface area (Å²) in [7, 11) is 1.55. The molecule has 0 bridgehead atoms. The summed E-state index contributed by atoms with van der Waals surface area (Å²) in [6.45, 7) is 1.01. The van der Waals surface area contributed by atoms with Crippen molar-refractivity contribution in [2.75, 3.05) is 13.7 Å². The van der Waals surface area contributed by atoms with Crippen molar-refractivity contribution in [3.63, 3.8) is 0 Å². The second-order valence-electron chi connectivity index (χ2n) is 4.80. The molecule has 1 aromatic carbocycles. The quantitative estimate of drug-likeness (QED) is 0.823. The van der Waals surface area contributed by atoms with E-state index in [1.54, 1.807) is 13.2 Å². The maximum absolute atomic E-state index is 13.3. The van der Waals surface area contributed by atoms with Gasteiger partial charge in [-0.25, -0.2) is 4.39 Å². The highest BCUT2D eigenvalue weighted by Crippen LogP contribution is 2.30. The maximum atomic E-state index is 13.3. The fourth-order valence-corrected chi connectivity index (χ4v) is 2.16. The average Bonchev–Trinajstić information content (AvgIpc) is 3.18. The molecule has 104 valence electrons. The Balaban J connectivity index is 2.07. The number of carboxylic acid groups (broad SMARTS) is 1. The van der Waals surface area contributed by atoms with Crippen LogP contribution < -0.4 is 4.74 Å². The van der Waals surface area contributed by atoms with Crippen molar-refractivity contribution in [1.82, 2.24) is 4.90 Å². The Labute approximate surface area is 111 Å². The first kappa shape index (κ1) is 13.8. The number of nitrogens with zero attached hydrogens (tertiary/aromatic N) is 1.